The number of nitrogens with zero attached hydrogens (tertiary/aromatic N) is 1. The maximum Gasteiger partial charge on any atom is 0.0240 e. The van der Waals surface area contributed by atoms with E-state index in [4.69, 9.17) is 0 Å². The average Bonchev–Trinajstić information content (AvgIpc) is 2.72. The molecule has 0 saturated heterocycles. The van der Waals surface area contributed by atoms with Crippen molar-refractivity contribution in [3.63, 3.8) is 0 Å². The molecule has 0 bridgehead atoms. The second-order valence-electron chi connectivity index (χ2n) is 7.95. The van der Waals surface area contributed by atoms with E-state index in [0.29, 0.717) is 6.04 Å². The Morgan fingerprint density at radius 2 is 1.61 bits per heavy atom. The van der Waals surface area contributed by atoms with E-state index in [0.717, 1.165) is 39.0 Å². The molecule has 0 saturated carbocycles. The molecule has 0 aliphatic carbocycles. The lowest BCUT2D eigenvalue weighted by atomic mass is 9.90. The lowest BCUT2D eigenvalue weighted by molar-refractivity contribution is 0.170. The number of hydrogen-bond acceptors (Lipinski definition) is 2. The number of benzene rings is 3. The largest absolute Gasteiger partial charge is 0.311 e. The van der Waals surface area contributed by atoms with Gasteiger partial charge in [0.05, 0.1) is 0 Å². The molecule has 1 aliphatic heterocycles. The summed E-state index contributed by atoms with van der Waals surface area (Å²) in [7, 11) is 0. The van der Waals surface area contributed by atoms with Crippen LogP contribution in [0.1, 0.15) is 27.8 Å². The molecule has 3 aromatic carbocycles. The zero-order valence-electron chi connectivity index (χ0n) is 16.8. The fraction of sp³-hybridized carbons (Fsp3) is 0.308. The van der Waals surface area contributed by atoms with Crippen LogP contribution in [0.5, 0.6) is 0 Å². The predicted molar refractivity (Wildman–Crippen MR) is 117 cm³/mol. The van der Waals surface area contributed by atoms with Gasteiger partial charge in [-0.3, -0.25) is 4.90 Å². The number of nitrogens with one attached hydrogen (secondary N) is 1. The van der Waals surface area contributed by atoms with Crippen molar-refractivity contribution in [2.75, 3.05) is 13.1 Å². The first-order valence-corrected chi connectivity index (χ1v) is 10.4. The van der Waals surface area contributed by atoms with Gasteiger partial charge in [0.15, 0.2) is 0 Å². The smallest absolute Gasteiger partial charge is 0.0240 e. The van der Waals surface area contributed by atoms with Crippen LogP contribution in [0.2, 0.25) is 0 Å². The van der Waals surface area contributed by atoms with E-state index in [1.807, 2.05) is 0 Å². The van der Waals surface area contributed by atoms with Gasteiger partial charge in [-0.1, -0.05) is 84.4 Å². The molecule has 28 heavy (non-hydrogen) atoms. The molecule has 0 amide bonds. The molecular formula is C26H30N2. The summed E-state index contributed by atoms with van der Waals surface area (Å²) in [6.07, 6.45) is 2.26. The van der Waals surface area contributed by atoms with E-state index >= 15 is 0 Å². The first kappa shape index (κ1) is 18.9. The summed E-state index contributed by atoms with van der Waals surface area (Å²) in [6, 6.07) is 29.2. The summed E-state index contributed by atoms with van der Waals surface area (Å²) in [5.41, 5.74) is 7.17. The van der Waals surface area contributed by atoms with Gasteiger partial charge in [0, 0.05) is 32.2 Å². The molecule has 0 fully saturated rings. The molecule has 1 heterocycles. The Kier molecular flexibility index (Phi) is 6.20. The minimum absolute atomic E-state index is 0.565. The summed E-state index contributed by atoms with van der Waals surface area (Å²) >= 11 is 0. The SMILES string of the molecule is Cc1cccc(CC2Cc3ccccc3CN2CCNCc2ccccc2)c1. The Balaban J connectivity index is 1.41. The van der Waals surface area contributed by atoms with Crippen LogP contribution in [-0.4, -0.2) is 24.0 Å². The fourth-order valence-corrected chi connectivity index (χ4v) is 4.27. The van der Waals surface area contributed by atoms with Gasteiger partial charge in [0.2, 0.25) is 0 Å². The normalized spacial score (nSPS) is 16.7. The summed E-state index contributed by atoms with van der Waals surface area (Å²) in [5, 5.41) is 3.62. The van der Waals surface area contributed by atoms with Crippen molar-refractivity contribution < 1.29 is 0 Å². The maximum atomic E-state index is 3.62. The lowest BCUT2D eigenvalue weighted by Gasteiger charge is -2.37. The highest BCUT2D eigenvalue weighted by Gasteiger charge is 2.25. The molecule has 1 atom stereocenters. The van der Waals surface area contributed by atoms with Gasteiger partial charge in [0.1, 0.15) is 0 Å². The second kappa shape index (κ2) is 9.18. The summed E-state index contributed by atoms with van der Waals surface area (Å²) < 4.78 is 0. The van der Waals surface area contributed by atoms with Crippen LogP contribution < -0.4 is 5.32 Å². The summed E-state index contributed by atoms with van der Waals surface area (Å²) in [5.74, 6) is 0. The van der Waals surface area contributed by atoms with Crippen LogP contribution in [0.15, 0.2) is 78.9 Å². The summed E-state index contributed by atoms with van der Waals surface area (Å²) in [4.78, 5) is 2.67. The molecule has 1 unspecified atom stereocenters. The third kappa shape index (κ3) is 4.89. The van der Waals surface area contributed by atoms with Crippen molar-refractivity contribution in [1.82, 2.24) is 10.2 Å². The molecule has 0 aromatic heterocycles. The van der Waals surface area contributed by atoms with E-state index in [1.165, 1.54) is 27.8 Å². The van der Waals surface area contributed by atoms with Crippen LogP contribution in [0.4, 0.5) is 0 Å². The van der Waals surface area contributed by atoms with E-state index in [-0.39, 0.29) is 0 Å². The van der Waals surface area contributed by atoms with Crippen LogP contribution in [0.3, 0.4) is 0 Å². The number of hydrogen-bond donors (Lipinski definition) is 1. The molecule has 4 rings (SSSR count). The minimum atomic E-state index is 0.565. The van der Waals surface area contributed by atoms with Crippen molar-refractivity contribution in [2.45, 2.75) is 38.9 Å². The Labute approximate surface area is 169 Å². The lowest BCUT2D eigenvalue weighted by Crippen LogP contribution is -2.44. The Morgan fingerprint density at radius 1 is 0.857 bits per heavy atom. The van der Waals surface area contributed by atoms with Gasteiger partial charge in [-0.2, -0.15) is 0 Å². The van der Waals surface area contributed by atoms with Crippen LogP contribution in [0.25, 0.3) is 0 Å². The number of fused-ring (bicyclic) bond motifs is 1. The van der Waals surface area contributed by atoms with Gasteiger partial charge < -0.3 is 5.32 Å². The highest BCUT2D eigenvalue weighted by molar-refractivity contribution is 5.31. The first-order chi connectivity index (χ1) is 13.8. The molecule has 1 N–H and O–H groups in total. The second-order valence-corrected chi connectivity index (χ2v) is 7.95. The fourth-order valence-electron chi connectivity index (χ4n) is 4.27. The monoisotopic (exact) mass is 370 g/mol. The number of aryl methyl sites for hydroxylation is 1. The highest BCUT2D eigenvalue weighted by Crippen LogP contribution is 2.25. The standard InChI is InChI=1S/C26H30N2/c1-21-8-7-11-23(16-21)17-26-18-24-12-5-6-13-25(24)20-28(26)15-14-27-19-22-9-3-2-4-10-22/h2-13,16,26-27H,14-15,17-20H2,1H3. The van der Waals surface area contributed by atoms with Gasteiger partial charge in [-0.25, -0.2) is 0 Å². The van der Waals surface area contributed by atoms with Gasteiger partial charge >= 0.3 is 0 Å². The van der Waals surface area contributed by atoms with Crippen LogP contribution in [-0.2, 0) is 25.9 Å². The molecule has 0 spiro atoms. The van der Waals surface area contributed by atoms with E-state index in [1.54, 1.807) is 0 Å². The molecule has 1 aliphatic rings. The predicted octanol–water partition coefficient (Wildman–Crippen LogP) is 4.75. The van der Waals surface area contributed by atoms with Crippen molar-refractivity contribution >= 4 is 0 Å². The number of rotatable bonds is 7. The molecule has 144 valence electrons. The summed E-state index contributed by atoms with van der Waals surface area (Å²) in [6.45, 7) is 6.28. The van der Waals surface area contributed by atoms with Crippen molar-refractivity contribution in [2.24, 2.45) is 0 Å². The Hall–Kier alpha value is -2.42. The van der Waals surface area contributed by atoms with E-state index in [2.05, 4.69) is 96.0 Å². The zero-order valence-corrected chi connectivity index (χ0v) is 16.8. The van der Waals surface area contributed by atoms with Crippen molar-refractivity contribution in [3.8, 4) is 0 Å². The average molecular weight is 371 g/mol. The molecule has 0 radical (unpaired) electrons. The molecule has 2 heteroatoms. The first-order valence-electron chi connectivity index (χ1n) is 10.4. The van der Waals surface area contributed by atoms with Gasteiger partial charge in [0.25, 0.3) is 0 Å². The van der Waals surface area contributed by atoms with Crippen LogP contribution in [0, 0.1) is 6.92 Å². The minimum Gasteiger partial charge on any atom is -0.311 e. The van der Waals surface area contributed by atoms with Crippen LogP contribution >= 0.6 is 0 Å². The van der Waals surface area contributed by atoms with Gasteiger partial charge in [-0.05, 0) is 42.0 Å². The quantitative estimate of drug-likeness (QED) is 0.604. The maximum absolute atomic E-state index is 3.62. The molecule has 2 nitrogen and oxygen atoms in total. The van der Waals surface area contributed by atoms with Crippen molar-refractivity contribution in [1.29, 1.82) is 0 Å². The third-order valence-electron chi connectivity index (χ3n) is 5.77. The zero-order chi connectivity index (χ0) is 19.2. The van der Waals surface area contributed by atoms with Gasteiger partial charge in [-0.15, -0.1) is 0 Å². The topological polar surface area (TPSA) is 15.3 Å². The third-order valence-corrected chi connectivity index (χ3v) is 5.77. The molecule has 3 aromatic rings. The molecular weight excluding hydrogens is 340 g/mol. The Bertz CT molecular complexity index is 888. The van der Waals surface area contributed by atoms with E-state index in [9.17, 15) is 0 Å². The van der Waals surface area contributed by atoms with E-state index < -0.39 is 0 Å². The highest BCUT2D eigenvalue weighted by atomic mass is 15.2. The Morgan fingerprint density at radius 3 is 2.43 bits per heavy atom. The van der Waals surface area contributed by atoms with Crippen molar-refractivity contribution in [3.05, 3.63) is 107 Å².